The molecule has 0 saturated carbocycles. The second kappa shape index (κ2) is 8.42. The first-order valence-corrected chi connectivity index (χ1v) is 12.1. The lowest BCUT2D eigenvalue weighted by molar-refractivity contribution is 0.557. The van der Waals surface area contributed by atoms with Crippen molar-refractivity contribution in [3.8, 4) is 0 Å². The fourth-order valence-electron chi connectivity index (χ4n) is 4.26. The largest absolute Gasteiger partial charge is 0.0582 e. The number of hydrogen-bond acceptors (Lipinski definition) is 0. The summed E-state index contributed by atoms with van der Waals surface area (Å²) in [5, 5.41) is 0. The average molecular weight is 421 g/mol. The minimum absolute atomic E-state index is 0.143. The molecule has 0 heteroatoms. The molecule has 0 fully saturated rings. The Labute approximate surface area is 193 Å². The van der Waals surface area contributed by atoms with Crippen molar-refractivity contribution in [1.82, 2.24) is 0 Å². The second-order valence-electron chi connectivity index (χ2n) is 13.8. The van der Waals surface area contributed by atoms with Gasteiger partial charge in [-0.2, -0.15) is 0 Å². The molecule has 0 aliphatic rings. The van der Waals surface area contributed by atoms with Crippen molar-refractivity contribution in [1.29, 1.82) is 0 Å². The molecule has 0 aliphatic heterocycles. The van der Waals surface area contributed by atoms with Crippen LogP contribution in [0.1, 0.15) is 129 Å². The van der Waals surface area contributed by atoms with E-state index < -0.39 is 0 Å². The van der Waals surface area contributed by atoms with Crippen LogP contribution in [0.2, 0.25) is 0 Å². The molecule has 2 aromatic carbocycles. The van der Waals surface area contributed by atoms with Crippen LogP contribution in [-0.4, -0.2) is 0 Å². The van der Waals surface area contributed by atoms with Gasteiger partial charge in [-0.15, -0.1) is 0 Å². The summed E-state index contributed by atoms with van der Waals surface area (Å²) in [6.07, 6.45) is 1.07. The van der Waals surface area contributed by atoms with Gasteiger partial charge in [0.1, 0.15) is 0 Å². The maximum atomic E-state index is 2.49. The van der Waals surface area contributed by atoms with Gasteiger partial charge < -0.3 is 0 Å². The van der Waals surface area contributed by atoms with Crippen LogP contribution in [0.5, 0.6) is 0 Å². The molecule has 0 saturated heterocycles. The minimum Gasteiger partial charge on any atom is -0.0582 e. The maximum absolute atomic E-state index is 2.49. The van der Waals surface area contributed by atoms with E-state index in [1.54, 1.807) is 0 Å². The Balaban J connectivity index is 2.57. The highest BCUT2D eigenvalue weighted by atomic mass is 14.3. The lowest BCUT2D eigenvalue weighted by Crippen LogP contribution is -2.20. The molecule has 0 aliphatic carbocycles. The number of rotatable bonds is 3. The molecular formula is C31H48. The number of benzene rings is 2. The highest BCUT2D eigenvalue weighted by molar-refractivity contribution is 5.43. The van der Waals surface area contributed by atoms with Crippen LogP contribution in [0.25, 0.3) is 0 Å². The summed E-state index contributed by atoms with van der Waals surface area (Å²) in [5.74, 6) is 0.472. The Bertz CT molecular complexity index is 867. The van der Waals surface area contributed by atoms with Crippen molar-refractivity contribution in [2.24, 2.45) is 0 Å². The lowest BCUT2D eigenvalue weighted by atomic mass is 9.75. The summed E-state index contributed by atoms with van der Waals surface area (Å²) in [5.41, 5.74) is 9.40. The standard InChI is InChI=1S/C31H48/c1-21(26-20-23(28(2,3)4)14-15-27(26)31(11,12)13)16-22-17-24(29(5,6)7)19-25(18-22)30(8,9)10/h14-15,17-21H,16H2,1-13H3. The van der Waals surface area contributed by atoms with Gasteiger partial charge in [-0.1, -0.05) is 126 Å². The average Bonchev–Trinajstić information content (AvgIpc) is 2.57. The lowest BCUT2D eigenvalue weighted by Gasteiger charge is -2.30. The van der Waals surface area contributed by atoms with E-state index in [0.29, 0.717) is 5.92 Å². The molecule has 2 aromatic rings. The monoisotopic (exact) mass is 420 g/mol. The zero-order chi connectivity index (χ0) is 24.0. The van der Waals surface area contributed by atoms with Gasteiger partial charge >= 0.3 is 0 Å². The Kier molecular flexibility index (Phi) is 6.98. The minimum atomic E-state index is 0.143. The normalized spacial score (nSPS) is 14.6. The second-order valence-corrected chi connectivity index (χ2v) is 13.8. The van der Waals surface area contributed by atoms with Gasteiger partial charge in [-0.3, -0.25) is 0 Å². The number of hydrogen-bond donors (Lipinski definition) is 0. The van der Waals surface area contributed by atoms with Crippen molar-refractivity contribution in [2.45, 2.75) is 124 Å². The van der Waals surface area contributed by atoms with Crippen LogP contribution < -0.4 is 0 Å². The van der Waals surface area contributed by atoms with Crippen molar-refractivity contribution >= 4 is 0 Å². The van der Waals surface area contributed by atoms with E-state index in [-0.39, 0.29) is 21.7 Å². The Hall–Kier alpha value is -1.56. The van der Waals surface area contributed by atoms with Crippen LogP contribution >= 0.6 is 0 Å². The van der Waals surface area contributed by atoms with Gasteiger partial charge in [0, 0.05) is 0 Å². The fraction of sp³-hybridized carbons (Fsp3) is 0.613. The summed E-state index contributed by atoms with van der Waals surface area (Å²) in [7, 11) is 0. The third-order valence-electron chi connectivity index (χ3n) is 6.52. The molecule has 1 atom stereocenters. The molecule has 2 rings (SSSR count). The van der Waals surface area contributed by atoms with Gasteiger partial charge in [-0.05, 0) is 67.4 Å². The molecule has 1 unspecified atom stereocenters. The van der Waals surface area contributed by atoms with Gasteiger partial charge in [0.05, 0.1) is 0 Å². The molecule has 0 aromatic heterocycles. The van der Waals surface area contributed by atoms with Crippen LogP contribution in [0.3, 0.4) is 0 Å². The maximum Gasteiger partial charge on any atom is -0.0129 e. The Morgan fingerprint density at radius 1 is 0.548 bits per heavy atom. The Morgan fingerprint density at radius 3 is 1.39 bits per heavy atom. The first kappa shape index (κ1) is 25.7. The SMILES string of the molecule is CC(Cc1cc(C(C)(C)C)cc(C(C)(C)C)c1)c1cc(C(C)(C)C)ccc1C(C)(C)C. The molecule has 0 amide bonds. The first-order valence-electron chi connectivity index (χ1n) is 12.1. The summed E-state index contributed by atoms with van der Waals surface area (Å²) in [6, 6.07) is 14.6. The molecule has 0 bridgehead atoms. The fourth-order valence-corrected chi connectivity index (χ4v) is 4.26. The van der Waals surface area contributed by atoms with Crippen LogP contribution in [-0.2, 0) is 28.1 Å². The van der Waals surface area contributed by atoms with Crippen molar-refractivity contribution in [3.05, 3.63) is 69.8 Å². The van der Waals surface area contributed by atoms with Gasteiger partial charge in [0.2, 0.25) is 0 Å². The summed E-state index contributed by atoms with van der Waals surface area (Å²) < 4.78 is 0. The van der Waals surface area contributed by atoms with Crippen molar-refractivity contribution in [3.63, 3.8) is 0 Å². The van der Waals surface area contributed by atoms with Gasteiger partial charge in [-0.25, -0.2) is 0 Å². The Morgan fingerprint density at radius 2 is 1.00 bits per heavy atom. The summed E-state index contributed by atoms with van der Waals surface area (Å²) in [4.78, 5) is 0. The molecule has 31 heavy (non-hydrogen) atoms. The van der Waals surface area contributed by atoms with Gasteiger partial charge in [0.15, 0.2) is 0 Å². The smallest absolute Gasteiger partial charge is 0.0129 e. The topological polar surface area (TPSA) is 0 Å². The predicted molar refractivity (Wildman–Crippen MR) is 140 cm³/mol. The van der Waals surface area contributed by atoms with Crippen LogP contribution in [0, 0.1) is 0 Å². The van der Waals surface area contributed by atoms with Gasteiger partial charge in [0.25, 0.3) is 0 Å². The predicted octanol–water partition coefficient (Wildman–Crippen LogP) is 9.22. The van der Waals surface area contributed by atoms with E-state index in [9.17, 15) is 0 Å². The van der Waals surface area contributed by atoms with Crippen LogP contribution in [0.4, 0.5) is 0 Å². The highest BCUT2D eigenvalue weighted by Gasteiger charge is 2.25. The highest BCUT2D eigenvalue weighted by Crippen LogP contribution is 2.37. The first-order chi connectivity index (χ1) is 13.8. The summed E-state index contributed by atoms with van der Waals surface area (Å²) >= 11 is 0. The molecule has 0 radical (unpaired) electrons. The van der Waals surface area contributed by atoms with E-state index in [4.69, 9.17) is 0 Å². The molecule has 0 N–H and O–H groups in total. The third-order valence-corrected chi connectivity index (χ3v) is 6.52. The molecule has 0 nitrogen and oxygen atoms in total. The van der Waals surface area contributed by atoms with E-state index >= 15 is 0 Å². The van der Waals surface area contributed by atoms with E-state index in [1.807, 2.05) is 0 Å². The quantitative estimate of drug-likeness (QED) is 0.464. The van der Waals surface area contributed by atoms with Crippen molar-refractivity contribution in [2.75, 3.05) is 0 Å². The summed E-state index contributed by atoms with van der Waals surface area (Å²) in [6.45, 7) is 30.3. The molecular weight excluding hydrogens is 372 g/mol. The molecule has 0 spiro atoms. The molecule has 172 valence electrons. The van der Waals surface area contributed by atoms with E-state index in [2.05, 4.69) is 126 Å². The molecule has 0 heterocycles. The van der Waals surface area contributed by atoms with Crippen LogP contribution in [0.15, 0.2) is 36.4 Å². The van der Waals surface area contributed by atoms with E-state index in [0.717, 1.165) is 6.42 Å². The zero-order valence-corrected chi connectivity index (χ0v) is 22.7. The van der Waals surface area contributed by atoms with E-state index in [1.165, 1.54) is 33.4 Å². The third kappa shape index (κ3) is 6.47. The zero-order valence-electron chi connectivity index (χ0n) is 22.7. The van der Waals surface area contributed by atoms with Crippen molar-refractivity contribution < 1.29 is 0 Å².